The number of azo groups is 1. The number of hydrogen-bond donors (Lipinski definition) is 2. The fourth-order valence-electron chi connectivity index (χ4n) is 0.911. The van der Waals surface area contributed by atoms with Crippen LogP contribution in [0.2, 0.25) is 0 Å². The van der Waals surface area contributed by atoms with Crippen molar-refractivity contribution in [1.82, 2.24) is 5.32 Å². The van der Waals surface area contributed by atoms with Gasteiger partial charge >= 0.3 is 0 Å². The molecule has 11 heavy (non-hydrogen) atoms. The topological polar surface area (TPSA) is 92.2 Å². The van der Waals surface area contributed by atoms with Crippen LogP contribution < -0.4 is 11.1 Å². The molecule has 0 saturated heterocycles. The summed E-state index contributed by atoms with van der Waals surface area (Å²) in [6.45, 7) is 0. The zero-order valence-corrected chi connectivity index (χ0v) is 5.48. The quantitative estimate of drug-likeness (QED) is 0.469. The van der Waals surface area contributed by atoms with E-state index in [9.17, 15) is 4.79 Å². The van der Waals surface area contributed by atoms with E-state index in [-0.39, 0.29) is 11.9 Å². The van der Waals surface area contributed by atoms with Crippen molar-refractivity contribution in [3.63, 3.8) is 0 Å². The monoisotopic (exact) mass is 151 g/mol. The Morgan fingerprint density at radius 1 is 1.64 bits per heavy atom. The van der Waals surface area contributed by atoms with Crippen LogP contribution in [-0.4, -0.2) is 18.0 Å². The van der Waals surface area contributed by atoms with E-state index in [4.69, 9.17) is 5.73 Å². The van der Waals surface area contributed by atoms with Crippen LogP contribution in [0.1, 0.15) is 0 Å². The molecule has 0 bridgehead atoms. The van der Waals surface area contributed by atoms with E-state index in [0.717, 1.165) is 0 Å². The predicted octanol–water partition coefficient (Wildman–Crippen LogP) is -0.893. The number of hydrogen-bond acceptors (Lipinski definition) is 5. The van der Waals surface area contributed by atoms with Crippen LogP contribution in [0.15, 0.2) is 27.0 Å². The van der Waals surface area contributed by atoms with E-state index in [1.807, 2.05) is 0 Å². The molecule has 0 aromatic heterocycles. The predicted molar refractivity (Wildman–Crippen MR) is 36.5 cm³/mol. The van der Waals surface area contributed by atoms with Crippen LogP contribution in [0.5, 0.6) is 0 Å². The first kappa shape index (κ1) is 6.02. The number of amides is 1. The Morgan fingerprint density at radius 2 is 2.45 bits per heavy atom. The highest BCUT2D eigenvalue weighted by Gasteiger charge is 2.28. The van der Waals surface area contributed by atoms with E-state index in [1.54, 1.807) is 0 Å². The van der Waals surface area contributed by atoms with Gasteiger partial charge in [0, 0.05) is 0 Å². The number of nitrogens with one attached hydrogen (secondary N) is 1. The Balaban J connectivity index is 2.42. The maximum Gasteiger partial charge on any atom is 0.259 e. The van der Waals surface area contributed by atoms with Crippen LogP contribution in [0.25, 0.3) is 0 Å². The summed E-state index contributed by atoms with van der Waals surface area (Å²) in [7, 11) is 0. The van der Waals surface area contributed by atoms with Crippen molar-refractivity contribution in [2.45, 2.75) is 6.17 Å². The van der Waals surface area contributed by atoms with Crippen molar-refractivity contribution in [2.24, 2.45) is 21.0 Å². The Morgan fingerprint density at radius 3 is 3.27 bits per heavy atom. The average molecular weight is 151 g/mol. The van der Waals surface area contributed by atoms with E-state index >= 15 is 0 Å². The molecular formula is C5H5N5O. The van der Waals surface area contributed by atoms with Gasteiger partial charge in [0.15, 0.2) is 12.1 Å². The van der Waals surface area contributed by atoms with Gasteiger partial charge < -0.3 is 5.73 Å². The molecule has 6 nitrogen and oxygen atoms in total. The zero-order chi connectivity index (χ0) is 7.84. The smallest absolute Gasteiger partial charge is 0.259 e. The van der Waals surface area contributed by atoms with Gasteiger partial charge in [-0.3, -0.25) is 10.1 Å². The molecule has 1 atom stereocenters. The molecule has 0 fully saturated rings. The summed E-state index contributed by atoms with van der Waals surface area (Å²) in [6.07, 6.45) is 0.874. The lowest BCUT2D eigenvalue weighted by Gasteiger charge is -2.13. The number of carbonyl (C=O) groups is 1. The van der Waals surface area contributed by atoms with Crippen molar-refractivity contribution in [3.05, 3.63) is 11.8 Å². The second kappa shape index (κ2) is 1.88. The van der Waals surface area contributed by atoms with Crippen LogP contribution in [0.3, 0.4) is 0 Å². The minimum absolute atomic E-state index is 0.0954. The number of fused-ring (bicyclic) bond motifs is 1. The summed E-state index contributed by atoms with van der Waals surface area (Å²) in [5.41, 5.74) is 5.71. The fourth-order valence-corrected chi connectivity index (χ4v) is 0.911. The molecule has 1 unspecified atom stereocenters. The lowest BCUT2D eigenvalue weighted by atomic mass is 10.2. The highest BCUT2D eigenvalue weighted by atomic mass is 16.2. The largest absolute Gasteiger partial charge is 0.370 e. The highest BCUT2D eigenvalue weighted by molar-refractivity contribution is 6.08. The Hall–Kier alpha value is -1.72. The number of nitrogens with zero attached hydrogens (tertiary/aromatic N) is 3. The van der Waals surface area contributed by atoms with Gasteiger partial charge in [-0.1, -0.05) is 0 Å². The van der Waals surface area contributed by atoms with Gasteiger partial charge in [-0.25, -0.2) is 4.99 Å². The zero-order valence-electron chi connectivity index (χ0n) is 5.48. The summed E-state index contributed by atoms with van der Waals surface area (Å²) in [5.74, 6) is -0.175. The summed E-state index contributed by atoms with van der Waals surface area (Å²) in [4.78, 5) is 14.9. The number of nitrogens with two attached hydrogens (primary N) is 1. The maximum atomic E-state index is 11.0. The van der Waals surface area contributed by atoms with E-state index in [2.05, 4.69) is 20.5 Å². The molecule has 3 N–H and O–H groups in total. The maximum absolute atomic E-state index is 11.0. The Labute approximate surface area is 61.9 Å². The summed E-state index contributed by atoms with van der Waals surface area (Å²) >= 11 is 0. The number of aliphatic imine (C=N–C) groups is 1. The van der Waals surface area contributed by atoms with Crippen molar-refractivity contribution in [2.75, 3.05) is 0 Å². The third-order valence-electron chi connectivity index (χ3n) is 1.42. The van der Waals surface area contributed by atoms with Crippen molar-refractivity contribution in [1.29, 1.82) is 0 Å². The molecule has 2 rings (SSSR count). The van der Waals surface area contributed by atoms with Gasteiger partial charge in [0.25, 0.3) is 5.91 Å². The Bertz CT molecular complexity index is 302. The van der Waals surface area contributed by atoms with E-state index < -0.39 is 6.17 Å². The molecule has 1 amide bonds. The standard InChI is InChI=1S/C5H5N5O/c6-5-8-3-2(1-7-10-3)4(11)9-5/h1,3H,(H3,6,8,9,11). The molecule has 2 aliphatic rings. The molecule has 0 aromatic rings. The minimum Gasteiger partial charge on any atom is -0.370 e. The van der Waals surface area contributed by atoms with Crippen LogP contribution in [0.4, 0.5) is 0 Å². The second-order valence-electron chi connectivity index (χ2n) is 2.16. The Kier molecular flexibility index (Phi) is 1.03. The van der Waals surface area contributed by atoms with Gasteiger partial charge in [0.2, 0.25) is 0 Å². The molecular weight excluding hydrogens is 146 g/mol. The van der Waals surface area contributed by atoms with E-state index in [0.29, 0.717) is 5.57 Å². The first-order chi connectivity index (χ1) is 5.27. The normalized spacial score (nSPS) is 27.3. The average Bonchev–Trinajstić information content (AvgIpc) is 2.34. The van der Waals surface area contributed by atoms with Crippen molar-refractivity contribution >= 4 is 11.9 Å². The molecule has 6 heteroatoms. The molecule has 2 aliphatic heterocycles. The first-order valence-corrected chi connectivity index (χ1v) is 3.02. The fraction of sp³-hybridized carbons (Fsp3) is 0.200. The molecule has 56 valence electrons. The number of rotatable bonds is 0. The van der Waals surface area contributed by atoms with Gasteiger partial charge in [0.05, 0.1) is 11.8 Å². The van der Waals surface area contributed by atoms with E-state index in [1.165, 1.54) is 6.20 Å². The SMILES string of the molecule is NC1=NC2N=NC=C2C(=O)N1. The molecule has 2 heterocycles. The van der Waals surface area contributed by atoms with Gasteiger partial charge in [-0.15, -0.1) is 0 Å². The minimum atomic E-state index is -0.510. The second-order valence-corrected chi connectivity index (χ2v) is 2.16. The van der Waals surface area contributed by atoms with Crippen molar-refractivity contribution in [3.8, 4) is 0 Å². The van der Waals surface area contributed by atoms with Gasteiger partial charge in [-0.2, -0.15) is 10.2 Å². The highest BCUT2D eigenvalue weighted by Crippen LogP contribution is 2.18. The summed E-state index contributed by atoms with van der Waals surface area (Å²) in [5, 5.41) is 9.57. The third kappa shape index (κ3) is 0.794. The molecule has 0 saturated carbocycles. The molecule has 0 aliphatic carbocycles. The third-order valence-corrected chi connectivity index (χ3v) is 1.42. The lowest BCUT2D eigenvalue weighted by molar-refractivity contribution is -0.116. The van der Waals surface area contributed by atoms with Crippen LogP contribution >= 0.6 is 0 Å². The number of guanidine groups is 1. The summed E-state index contributed by atoms with van der Waals surface area (Å²) < 4.78 is 0. The van der Waals surface area contributed by atoms with Crippen LogP contribution in [-0.2, 0) is 4.79 Å². The van der Waals surface area contributed by atoms with Crippen LogP contribution in [0, 0.1) is 0 Å². The summed E-state index contributed by atoms with van der Waals surface area (Å²) in [6, 6.07) is 0. The molecule has 0 aromatic carbocycles. The lowest BCUT2D eigenvalue weighted by Crippen LogP contribution is -2.43. The molecule has 0 spiro atoms. The van der Waals surface area contributed by atoms with Gasteiger partial charge in [-0.05, 0) is 0 Å². The molecule has 0 radical (unpaired) electrons. The number of carbonyl (C=O) groups excluding carboxylic acids is 1. The van der Waals surface area contributed by atoms with Crippen molar-refractivity contribution < 1.29 is 4.79 Å². The van der Waals surface area contributed by atoms with Gasteiger partial charge in [0.1, 0.15) is 0 Å². The first-order valence-electron chi connectivity index (χ1n) is 3.02.